The van der Waals surface area contributed by atoms with E-state index < -0.39 is 0 Å². The van der Waals surface area contributed by atoms with Gasteiger partial charge in [-0.3, -0.25) is 4.79 Å². The smallest absolute Gasteiger partial charge is 0.255 e. The van der Waals surface area contributed by atoms with Crippen LogP contribution in [0, 0.1) is 0 Å². The third-order valence-electron chi connectivity index (χ3n) is 4.65. The molecule has 1 N–H and O–H groups in total. The first-order chi connectivity index (χ1) is 14.2. The molecule has 0 saturated heterocycles. The predicted octanol–water partition coefficient (Wildman–Crippen LogP) is 3.37. The van der Waals surface area contributed by atoms with Gasteiger partial charge in [0.05, 0.1) is 0 Å². The van der Waals surface area contributed by atoms with Gasteiger partial charge in [-0.15, -0.1) is 0 Å². The molecule has 8 heteroatoms. The largest absolute Gasteiger partial charge is 0.439 e. The van der Waals surface area contributed by atoms with Crippen molar-refractivity contribution < 1.29 is 9.53 Å². The number of rotatable bonds is 5. The third-order valence-corrected chi connectivity index (χ3v) is 4.65. The van der Waals surface area contributed by atoms with Gasteiger partial charge < -0.3 is 10.1 Å². The molecular weight excluding hydrogens is 368 g/mol. The predicted molar refractivity (Wildman–Crippen MR) is 106 cm³/mol. The third kappa shape index (κ3) is 3.55. The Bertz CT molecular complexity index is 1180. The molecule has 8 nitrogen and oxygen atoms in total. The molecule has 0 radical (unpaired) electrons. The van der Waals surface area contributed by atoms with E-state index in [0.29, 0.717) is 29.7 Å². The summed E-state index contributed by atoms with van der Waals surface area (Å²) in [4.78, 5) is 24.8. The van der Waals surface area contributed by atoms with E-state index in [1.54, 1.807) is 24.4 Å². The Morgan fingerprint density at radius 1 is 1.21 bits per heavy atom. The van der Waals surface area contributed by atoms with E-state index in [4.69, 9.17) is 4.74 Å². The number of nitrogens with one attached hydrogen (secondary N) is 1. The van der Waals surface area contributed by atoms with Crippen LogP contribution in [0.15, 0.2) is 84.1 Å². The number of carbonyl (C=O) groups excluding carboxylic acids is 1. The van der Waals surface area contributed by atoms with E-state index in [9.17, 15) is 4.79 Å². The van der Waals surface area contributed by atoms with Crippen LogP contribution in [0.4, 0.5) is 5.69 Å². The van der Waals surface area contributed by atoms with Gasteiger partial charge in [-0.2, -0.15) is 14.8 Å². The number of benzene rings is 1. The molecule has 0 fully saturated rings. The summed E-state index contributed by atoms with van der Waals surface area (Å²) in [5.41, 5.74) is 4.02. The first-order valence-corrected chi connectivity index (χ1v) is 9.11. The average molecular weight is 384 g/mol. The van der Waals surface area contributed by atoms with Crippen LogP contribution in [0.5, 0.6) is 11.6 Å². The highest BCUT2D eigenvalue weighted by molar-refractivity contribution is 6.06. The van der Waals surface area contributed by atoms with Crippen LogP contribution in [0.1, 0.15) is 12.8 Å². The fraction of sp³-hybridized carbons (Fsp3) is 0.0952. The van der Waals surface area contributed by atoms with Crippen LogP contribution in [-0.4, -0.2) is 30.6 Å². The molecule has 1 aromatic carbocycles. The molecule has 0 aliphatic heterocycles. The van der Waals surface area contributed by atoms with Crippen molar-refractivity contribution in [2.75, 3.05) is 5.32 Å². The summed E-state index contributed by atoms with van der Waals surface area (Å²) in [6.07, 6.45) is 12.4. The highest BCUT2D eigenvalue weighted by Crippen LogP contribution is 2.34. The maximum absolute atomic E-state index is 12.4. The summed E-state index contributed by atoms with van der Waals surface area (Å²) in [5, 5.41) is 6.92. The average Bonchev–Trinajstić information content (AvgIpc) is 3.18. The summed E-state index contributed by atoms with van der Waals surface area (Å²) in [5.74, 6) is 1.18. The van der Waals surface area contributed by atoms with E-state index in [-0.39, 0.29) is 5.91 Å². The van der Waals surface area contributed by atoms with E-state index in [2.05, 4.69) is 37.5 Å². The molecule has 0 unspecified atom stereocenters. The molecule has 1 amide bonds. The van der Waals surface area contributed by atoms with Gasteiger partial charge in [-0.1, -0.05) is 18.2 Å². The lowest BCUT2D eigenvalue weighted by atomic mass is 9.84. The van der Waals surface area contributed by atoms with Gasteiger partial charge in [-0.05, 0) is 35.8 Å². The minimum Gasteiger partial charge on any atom is -0.439 e. The van der Waals surface area contributed by atoms with Gasteiger partial charge in [0.15, 0.2) is 0 Å². The molecule has 2 aliphatic rings. The zero-order valence-electron chi connectivity index (χ0n) is 15.3. The molecular formula is C21H16N6O2. The fourth-order valence-corrected chi connectivity index (χ4v) is 2.99. The highest BCUT2D eigenvalue weighted by Gasteiger charge is 2.22. The summed E-state index contributed by atoms with van der Waals surface area (Å²) >= 11 is 0. The molecule has 0 saturated carbocycles. The zero-order chi connectivity index (χ0) is 19.6. The first kappa shape index (κ1) is 17.1. The fourth-order valence-electron chi connectivity index (χ4n) is 2.99. The number of ether oxygens (including phenoxy) is 1. The summed E-state index contributed by atoms with van der Waals surface area (Å²) in [6, 6.07) is 8.82. The Morgan fingerprint density at radius 3 is 2.86 bits per heavy atom. The van der Waals surface area contributed by atoms with Gasteiger partial charge in [-0.25, -0.2) is 9.97 Å². The van der Waals surface area contributed by atoms with Crippen LogP contribution in [0.2, 0.25) is 0 Å². The van der Waals surface area contributed by atoms with Crippen molar-refractivity contribution in [2.24, 2.45) is 0 Å². The SMILES string of the molecule is O=C(Nc1cccc(Oc2ccnc(-n3cncn3)n2)c1)C1=CC(=C2C=CC2)C1. The van der Waals surface area contributed by atoms with E-state index in [1.165, 1.54) is 28.5 Å². The number of hydrogen-bond donors (Lipinski definition) is 1. The molecule has 0 spiro atoms. The Balaban J connectivity index is 1.28. The Morgan fingerprint density at radius 2 is 2.10 bits per heavy atom. The van der Waals surface area contributed by atoms with Crippen LogP contribution < -0.4 is 10.1 Å². The van der Waals surface area contributed by atoms with Crippen molar-refractivity contribution in [2.45, 2.75) is 12.8 Å². The van der Waals surface area contributed by atoms with Crippen molar-refractivity contribution in [3.8, 4) is 17.6 Å². The Hall–Kier alpha value is -4.07. The molecule has 5 rings (SSSR count). The van der Waals surface area contributed by atoms with Gasteiger partial charge in [0.1, 0.15) is 18.4 Å². The maximum atomic E-state index is 12.4. The number of amides is 1. The number of carbonyl (C=O) groups is 1. The van der Waals surface area contributed by atoms with E-state index >= 15 is 0 Å². The molecule has 29 heavy (non-hydrogen) atoms. The van der Waals surface area contributed by atoms with E-state index in [0.717, 1.165) is 12.0 Å². The van der Waals surface area contributed by atoms with Crippen molar-refractivity contribution in [1.82, 2.24) is 24.7 Å². The Kier molecular flexibility index (Phi) is 4.21. The van der Waals surface area contributed by atoms with Gasteiger partial charge in [0, 0.05) is 36.0 Å². The van der Waals surface area contributed by atoms with Crippen LogP contribution in [0.25, 0.3) is 5.95 Å². The summed E-state index contributed by atoms with van der Waals surface area (Å²) < 4.78 is 7.26. The monoisotopic (exact) mass is 384 g/mol. The quantitative estimate of drug-likeness (QED) is 0.725. The summed E-state index contributed by atoms with van der Waals surface area (Å²) in [6.45, 7) is 0. The van der Waals surface area contributed by atoms with Gasteiger partial charge in [0.2, 0.25) is 5.88 Å². The van der Waals surface area contributed by atoms with Gasteiger partial charge >= 0.3 is 0 Å². The lowest BCUT2D eigenvalue weighted by Crippen LogP contribution is -2.20. The second kappa shape index (κ2) is 7.16. The van der Waals surface area contributed by atoms with E-state index in [1.807, 2.05) is 18.2 Å². The molecule has 2 heterocycles. The molecule has 3 aromatic rings. The molecule has 0 atom stereocenters. The minimum atomic E-state index is -0.0923. The summed E-state index contributed by atoms with van der Waals surface area (Å²) in [7, 11) is 0. The van der Waals surface area contributed by atoms with Crippen molar-refractivity contribution >= 4 is 11.6 Å². The second-order valence-corrected chi connectivity index (χ2v) is 6.62. The lowest BCUT2D eigenvalue weighted by molar-refractivity contribution is -0.113. The number of hydrogen-bond acceptors (Lipinski definition) is 6. The number of aromatic nitrogens is 5. The van der Waals surface area contributed by atoms with Gasteiger partial charge in [0.25, 0.3) is 11.9 Å². The number of anilines is 1. The molecule has 2 aliphatic carbocycles. The maximum Gasteiger partial charge on any atom is 0.255 e. The van der Waals surface area contributed by atoms with Crippen LogP contribution in [0.3, 0.4) is 0 Å². The van der Waals surface area contributed by atoms with Crippen LogP contribution >= 0.6 is 0 Å². The minimum absolute atomic E-state index is 0.0923. The molecule has 142 valence electrons. The van der Waals surface area contributed by atoms with Crippen molar-refractivity contribution in [1.29, 1.82) is 0 Å². The second-order valence-electron chi connectivity index (χ2n) is 6.62. The lowest BCUT2D eigenvalue weighted by Gasteiger charge is -2.23. The Labute approximate surface area is 166 Å². The zero-order valence-corrected chi connectivity index (χ0v) is 15.3. The van der Waals surface area contributed by atoms with Crippen LogP contribution in [-0.2, 0) is 4.79 Å². The normalized spacial score (nSPS) is 17.2. The standard InChI is InChI=1S/C21H16N6O2/c28-20(16-9-15(10-16)14-3-1-4-14)25-17-5-2-6-18(11-17)29-19-7-8-23-21(26-19)27-13-22-12-24-27/h1-3,5-9,11-13H,4,10H2,(H,25,28). The number of nitrogens with zero attached hydrogens (tertiary/aromatic N) is 5. The first-order valence-electron chi connectivity index (χ1n) is 9.11. The number of allylic oxidation sites excluding steroid dienone is 5. The molecule has 2 aromatic heterocycles. The molecule has 0 bridgehead atoms. The topological polar surface area (TPSA) is 94.8 Å². The highest BCUT2D eigenvalue weighted by atomic mass is 16.5. The van der Waals surface area contributed by atoms with Crippen molar-refractivity contribution in [3.63, 3.8) is 0 Å². The van der Waals surface area contributed by atoms with Crippen molar-refractivity contribution in [3.05, 3.63) is 84.1 Å².